The Balaban J connectivity index is 1.93. The predicted molar refractivity (Wildman–Crippen MR) is 74.9 cm³/mol. The van der Waals surface area contributed by atoms with E-state index in [1.54, 1.807) is 0 Å². The molecule has 1 fully saturated rings. The first-order valence-corrected chi connectivity index (χ1v) is 6.68. The Bertz CT molecular complexity index is 438. The summed E-state index contributed by atoms with van der Waals surface area (Å²) in [5.41, 5.74) is 2.91. The molecular formula is C15H22N2O. The third-order valence-electron chi connectivity index (χ3n) is 3.77. The van der Waals surface area contributed by atoms with Gasteiger partial charge in [0, 0.05) is 24.8 Å². The van der Waals surface area contributed by atoms with Crippen molar-refractivity contribution in [2.24, 2.45) is 11.8 Å². The van der Waals surface area contributed by atoms with E-state index in [0.29, 0.717) is 5.92 Å². The Morgan fingerprint density at radius 2 is 2.17 bits per heavy atom. The molecule has 3 heteroatoms. The molecule has 2 N–H and O–H groups in total. The van der Waals surface area contributed by atoms with Gasteiger partial charge in [0.25, 0.3) is 5.91 Å². The summed E-state index contributed by atoms with van der Waals surface area (Å²) in [5.74, 6) is 1.47. The average molecular weight is 246 g/mol. The van der Waals surface area contributed by atoms with Crippen LogP contribution in [0.25, 0.3) is 0 Å². The van der Waals surface area contributed by atoms with E-state index < -0.39 is 0 Å². The van der Waals surface area contributed by atoms with E-state index in [1.165, 1.54) is 12.8 Å². The third-order valence-corrected chi connectivity index (χ3v) is 3.77. The van der Waals surface area contributed by atoms with Crippen molar-refractivity contribution in [2.45, 2.75) is 26.7 Å². The summed E-state index contributed by atoms with van der Waals surface area (Å²) in [6.45, 7) is 5.01. The highest BCUT2D eigenvalue weighted by atomic mass is 16.1. The molecule has 0 aliphatic heterocycles. The molecule has 2 rings (SSSR count). The van der Waals surface area contributed by atoms with E-state index >= 15 is 0 Å². The lowest BCUT2D eigenvalue weighted by Crippen LogP contribution is -2.29. The smallest absolute Gasteiger partial charge is 0.251 e. The van der Waals surface area contributed by atoms with Gasteiger partial charge in [-0.15, -0.1) is 0 Å². The molecule has 0 heterocycles. The van der Waals surface area contributed by atoms with Gasteiger partial charge in [-0.05, 0) is 55.4 Å². The maximum atomic E-state index is 12.0. The van der Waals surface area contributed by atoms with Crippen molar-refractivity contribution in [1.82, 2.24) is 5.32 Å². The standard InChI is InChI=1S/C15H22N2O/c1-10-8-13(6-7-14(10)16-3)15(18)17-9-11(2)12-4-5-12/h6-8,11-12,16H,4-5,9H2,1-3H3,(H,17,18). The Morgan fingerprint density at radius 1 is 1.44 bits per heavy atom. The van der Waals surface area contributed by atoms with Crippen molar-refractivity contribution in [1.29, 1.82) is 0 Å². The van der Waals surface area contributed by atoms with Gasteiger partial charge < -0.3 is 10.6 Å². The molecule has 0 radical (unpaired) electrons. The number of hydrogen-bond acceptors (Lipinski definition) is 2. The highest BCUT2D eigenvalue weighted by Gasteiger charge is 2.27. The van der Waals surface area contributed by atoms with Gasteiger partial charge in [-0.1, -0.05) is 6.92 Å². The molecule has 0 aromatic heterocycles. The molecule has 1 aromatic carbocycles. The van der Waals surface area contributed by atoms with Gasteiger partial charge in [-0.25, -0.2) is 0 Å². The molecule has 3 nitrogen and oxygen atoms in total. The Hall–Kier alpha value is -1.51. The first-order valence-electron chi connectivity index (χ1n) is 6.68. The summed E-state index contributed by atoms with van der Waals surface area (Å²) in [6, 6.07) is 5.76. The molecule has 1 aliphatic rings. The highest BCUT2D eigenvalue weighted by molar-refractivity contribution is 5.94. The number of amides is 1. The Morgan fingerprint density at radius 3 is 2.72 bits per heavy atom. The van der Waals surface area contributed by atoms with E-state index in [2.05, 4.69) is 17.6 Å². The zero-order valence-electron chi connectivity index (χ0n) is 11.4. The maximum Gasteiger partial charge on any atom is 0.251 e. The molecule has 1 atom stereocenters. The molecule has 1 aromatic rings. The second kappa shape index (κ2) is 5.42. The van der Waals surface area contributed by atoms with Crippen LogP contribution in [0, 0.1) is 18.8 Å². The van der Waals surface area contributed by atoms with Crippen LogP contribution in [-0.4, -0.2) is 19.5 Å². The number of nitrogens with one attached hydrogen (secondary N) is 2. The summed E-state index contributed by atoms with van der Waals surface area (Å²) in [7, 11) is 1.89. The molecule has 18 heavy (non-hydrogen) atoms. The molecule has 1 unspecified atom stereocenters. The fourth-order valence-corrected chi connectivity index (χ4v) is 2.27. The van der Waals surface area contributed by atoms with Crippen LogP contribution < -0.4 is 10.6 Å². The first kappa shape index (κ1) is 12.9. The number of aryl methyl sites for hydroxylation is 1. The molecule has 98 valence electrons. The van der Waals surface area contributed by atoms with Crippen LogP contribution in [0.5, 0.6) is 0 Å². The van der Waals surface area contributed by atoms with Crippen LogP contribution >= 0.6 is 0 Å². The van der Waals surface area contributed by atoms with E-state index in [4.69, 9.17) is 0 Å². The number of carbonyl (C=O) groups excluding carboxylic acids is 1. The largest absolute Gasteiger partial charge is 0.388 e. The normalized spacial score (nSPS) is 16.2. The van der Waals surface area contributed by atoms with E-state index in [0.717, 1.165) is 29.3 Å². The zero-order valence-corrected chi connectivity index (χ0v) is 11.4. The fourth-order valence-electron chi connectivity index (χ4n) is 2.27. The first-order chi connectivity index (χ1) is 8.61. The second-order valence-corrected chi connectivity index (χ2v) is 5.30. The van der Waals surface area contributed by atoms with Crippen molar-refractivity contribution >= 4 is 11.6 Å². The third kappa shape index (κ3) is 3.03. The van der Waals surface area contributed by atoms with Crippen LogP contribution in [0.4, 0.5) is 5.69 Å². The fraction of sp³-hybridized carbons (Fsp3) is 0.533. The number of benzene rings is 1. The number of rotatable bonds is 5. The monoisotopic (exact) mass is 246 g/mol. The van der Waals surface area contributed by atoms with E-state index in [9.17, 15) is 4.79 Å². The summed E-state index contributed by atoms with van der Waals surface area (Å²) >= 11 is 0. The molecule has 1 aliphatic carbocycles. The van der Waals surface area contributed by atoms with Crippen molar-refractivity contribution < 1.29 is 4.79 Å². The quantitative estimate of drug-likeness (QED) is 0.838. The number of hydrogen-bond donors (Lipinski definition) is 2. The van der Waals surface area contributed by atoms with Crippen molar-refractivity contribution in [3.8, 4) is 0 Å². The van der Waals surface area contributed by atoms with Crippen LogP contribution in [-0.2, 0) is 0 Å². The van der Waals surface area contributed by atoms with Gasteiger partial charge in [0.15, 0.2) is 0 Å². The molecule has 1 amide bonds. The van der Waals surface area contributed by atoms with Crippen LogP contribution in [0.15, 0.2) is 18.2 Å². The van der Waals surface area contributed by atoms with Gasteiger partial charge in [-0.3, -0.25) is 4.79 Å². The van der Waals surface area contributed by atoms with Crippen LogP contribution in [0.2, 0.25) is 0 Å². The van der Waals surface area contributed by atoms with Gasteiger partial charge in [0.1, 0.15) is 0 Å². The van der Waals surface area contributed by atoms with Crippen molar-refractivity contribution in [2.75, 3.05) is 18.9 Å². The molecular weight excluding hydrogens is 224 g/mol. The summed E-state index contributed by atoms with van der Waals surface area (Å²) < 4.78 is 0. The highest BCUT2D eigenvalue weighted by Crippen LogP contribution is 2.36. The van der Waals surface area contributed by atoms with Gasteiger partial charge in [-0.2, -0.15) is 0 Å². The lowest BCUT2D eigenvalue weighted by molar-refractivity contribution is 0.0946. The maximum absolute atomic E-state index is 12.0. The minimum atomic E-state index is 0.0354. The number of anilines is 1. The summed E-state index contributed by atoms with van der Waals surface area (Å²) in [5, 5.41) is 6.13. The average Bonchev–Trinajstić information content (AvgIpc) is 3.19. The van der Waals surface area contributed by atoms with E-state index in [1.807, 2.05) is 32.2 Å². The van der Waals surface area contributed by atoms with Crippen molar-refractivity contribution in [3.63, 3.8) is 0 Å². The lowest BCUT2D eigenvalue weighted by atomic mass is 10.1. The molecule has 1 saturated carbocycles. The van der Waals surface area contributed by atoms with E-state index in [-0.39, 0.29) is 5.91 Å². The minimum Gasteiger partial charge on any atom is -0.388 e. The summed E-state index contributed by atoms with van der Waals surface area (Å²) in [6.07, 6.45) is 2.65. The summed E-state index contributed by atoms with van der Waals surface area (Å²) in [4.78, 5) is 12.0. The second-order valence-electron chi connectivity index (χ2n) is 5.30. The topological polar surface area (TPSA) is 41.1 Å². The van der Waals surface area contributed by atoms with Gasteiger partial charge in [0.05, 0.1) is 0 Å². The molecule has 0 saturated heterocycles. The molecule has 0 spiro atoms. The van der Waals surface area contributed by atoms with Crippen molar-refractivity contribution in [3.05, 3.63) is 29.3 Å². The van der Waals surface area contributed by atoms with Gasteiger partial charge in [0.2, 0.25) is 0 Å². The SMILES string of the molecule is CNc1ccc(C(=O)NCC(C)C2CC2)cc1C. The zero-order chi connectivity index (χ0) is 13.1. The Labute approximate surface area is 109 Å². The predicted octanol–water partition coefficient (Wildman–Crippen LogP) is 2.81. The Kier molecular flexibility index (Phi) is 3.90. The van der Waals surface area contributed by atoms with Crippen LogP contribution in [0.1, 0.15) is 35.7 Å². The number of carbonyl (C=O) groups is 1. The lowest BCUT2D eigenvalue weighted by Gasteiger charge is -2.12. The van der Waals surface area contributed by atoms with Crippen LogP contribution in [0.3, 0.4) is 0 Å². The van der Waals surface area contributed by atoms with Gasteiger partial charge >= 0.3 is 0 Å². The molecule has 0 bridgehead atoms. The minimum absolute atomic E-state index is 0.0354.